The summed E-state index contributed by atoms with van der Waals surface area (Å²) in [6.07, 6.45) is 2.52. The van der Waals surface area contributed by atoms with Crippen LogP contribution in [0.5, 0.6) is 0 Å². The van der Waals surface area contributed by atoms with Gasteiger partial charge in [-0.25, -0.2) is 0 Å². The average molecular weight is 240 g/mol. The van der Waals surface area contributed by atoms with Crippen LogP contribution in [0.4, 0.5) is 0 Å². The molecular weight excluding hydrogens is 220 g/mol. The number of unbranched alkanes of at least 4 members (excludes halogenated alkanes) is 1. The quantitative estimate of drug-likeness (QED) is 0.417. The van der Waals surface area contributed by atoms with E-state index in [9.17, 15) is 8.42 Å². The van der Waals surface area contributed by atoms with Gasteiger partial charge in [-0.1, -0.05) is 0 Å². The van der Waals surface area contributed by atoms with Gasteiger partial charge in [0.2, 0.25) is 0 Å². The first kappa shape index (κ1) is 14.8. The summed E-state index contributed by atoms with van der Waals surface area (Å²) in [4.78, 5) is 0. The lowest BCUT2D eigenvalue weighted by atomic mass is 10.3. The third-order valence-electron chi connectivity index (χ3n) is 1.56. The molecule has 0 aromatic rings. The molecule has 5 nitrogen and oxygen atoms in total. The summed E-state index contributed by atoms with van der Waals surface area (Å²) in [5, 5.41) is 0. The third kappa shape index (κ3) is 13.8. The van der Waals surface area contributed by atoms with Crippen LogP contribution in [0.3, 0.4) is 0 Å². The van der Waals surface area contributed by atoms with Crippen molar-refractivity contribution in [2.24, 2.45) is 0 Å². The van der Waals surface area contributed by atoms with Crippen molar-refractivity contribution < 1.29 is 22.1 Å². The second-order valence-corrected chi connectivity index (χ2v) is 4.69. The van der Waals surface area contributed by atoms with Gasteiger partial charge in [0.15, 0.2) is 0 Å². The molecule has 0 radical (unpaired) electrons. The highest BCUT2D eigenvalue weighted by molar-refractivity contribution is 7.85. The van der Waals surface area contributed by atoms with E-state index in [1.54, 1.807) is 0 Å². The summed E-state index contributed by atoms with van der Waals surface area (Å²) < 4.78 is 36.0. The van der Waals surface area contributed by atoms with E-state index in [-0.39, 0.29) is 6.61 Å². The minimum absolute atomic E-state index is 0.230. The van der Waals surface area contributed by atoms with Gasteiger partial charge < -0.3 is 9.47 Å². The summed E-state index contributed by atoms with van der Waals surface area (Å²) in [6, 6.07) is 0. The molecule has 0 fully saturated rings. The third-order valence-corrected chi connectivity index (χ3v) is 2.15. The van der Waals surface area contributed by atoms with Crippen molar-refractivity contribution in [1.29, 1.82) is 0 Å². The fraction of sp³-hybridized carbons (Fsp3) is 1.00. The number of hydrogen-bond donors (Lipinski definition) is 0. The van der Waals surface area contributed by atoms with Crippen molar-refractivity contribution in [3.63, 3.8) is 0 Å². The van der Waals surface area contributed by atoms with Crippen LogP contribution in [0, 0.1) is 0 Å². The summed E-state index contributed by atoms with van der Waals surface area (Å²) >= 11 is 0. The molecule has 0 amide bonds. The highest BCUT2D eigenvalue weighted by Gasteiger charge is 1.99. The topological polar surface area (TPSA) is 61.8 Å². The zero-order valence-electron chi connectivity index (χ0n) is 9.40. The number of hydrogen-bond acceptors (Lipinski definition) is 5. The van der Waals surface area contributed by atoms with Gasteiger partial charge >= 0.3 is 0 Å². The van der Waals surface area contributed by atoms with Crippen molar-refractivity contribution in [3.05, 3.63) is 0 Å². The Morgan fingerprint density at radius 2 is 1.53 bits per heavy atom. The van der Waals surface area contributed by atoms with E-state index < -0.39 is 10.1 Å². The van der Waals surface area contributed by atoms with E-state index in [2.05, 4.69) is 4.18 Å². The van der Waals surface area contributed by atoms with Crippen LogP contribution in [-0.4, -0.2) is 47.7 Å². The molecule has 0 aromatic heterocycles. The Kier molecular flexibility index (Phi) is 8.98. The zero-order chi connectivity index (χ0) is 11.6. The zero-order valence-corrected chi connectivity index (χ0v) is 10.2. The minimum Gasteiger partial charge on any atom is -0.379 e. The molecule has 0 bridgehead atoms. The van der Waals surface area contributed by atoms with E-state index in [0.29, 0.717) is 32.8 Å². The molecule has 15 heavy (non-hydrogen) atoms. The van der Waals surface area contributed by atoms with E-state index >= 15 is 0 Å². The Bertz CT molecular complexity index is 225. The predicted octanol–water partition coefficient (Wildman–Crippen LogP) is 0.796. The largest absolute Gasteiger partial charge is 0.379 e. The maximum atomic E-state index is 10.6. The highest BCUT2D eigenvalue weighted by atomic mass is 32.2. The van der Waals surface area contributed by atoms with E-state index in [1.165, 1.54) is 0 Å². The lowest BCUT2D eigenvalue weighted by molar-refractivity contribution is 0.0505. The van der Waals surface area contributed by atoms with Crippen molar-refractivity contribution >= 4 is 10.1 Å². The predicted molar refractivity (Wildman–Crippen MR) is 57.3 cm³/mol. The van der Waals surface area contributed by atoms with Gasteiger partial charge in [0, 0.05) is 13.2 Å². The lowest BCUT2D eigenvalue weighted by Crippen LogP contribution is -2.07. The van der Waals surface area contributed by atoms with Crippen molar-refractivity contribution in [3.8, 4) is 0 Å². The first-order valence-electron chi connectivity index (χ1n) is 5.06. The Balaban J connectivity index is 3.06. The van der Waals surface area contributed by atoms with Crippen LogP contribution in [-0.2, 0) is 23.8 Å². The van der Waals surface area contributed by atoms with Crippen molar-refractivity contribution in [1.82, 2.24) is 0 Å². The van der Waals surface area contributed by atoms with Crippen LogP contribution in [0.25, 0.3) is 0 Å². The van der Waals surface area contributed by atoms with Crippen molar-refractivity contribution in [2.45, 2.75) is 19.8 Å². The molecule has 0 rings (SSSR count). The van der Waals surface area contributed by atoms with Crippen LogP contribution in [0.1, 0.15) is 19.8 Å². The Hall–Kier alpha value is -0.170. The van der Waals surface area contributed by atoms with Crippen LogP contribution in [0.2, 0.25) is 0 Å². The van der Waals surface area contributed by atoms with Gasteiger partial charge in [-0.05, 0) is 19.8 Å². The van der Waals surface area contributed by atoms with E-state index in [4.69, 9.17) is 9.47 Å². The molecule has 6 heteroatoms. The Morgan fingerprint density at radius 3 is 2.13 bits per heavy atom. The van der Waals surface area contributed by atoms with Gasteiger partial charge in [0.1, 0.15) is 0 Å². The first-order valence-corrected chi connectivity index (χ1v) is 6.88. The standard InChI is InChI=1S/C9H20O5S/c1-3-12-8-9-13-6-4-5-7-14-15(2,10)11/h3-9H2,1-2H3. The van der Waals surface area contributed by atoms with Crippen LogP contribution < -0.4 is 0 Å². The molecule has 0 N–H and O–H groups in total. The summed E-state index contributed by atoms with van der Waals surface area (Å²) in [6.45, 7) is 4.67. The summed E-state index contributed by atoms with van der Waals surface area (Å²) in [5.74, 6) is 0. The molecule has 0 atom stereocenters. The van der Waals surface area contributed by atoms with Gasteiger partial charge in [0.25, 0.3) is 10.1 Å². The van der Waals surface area contributed by atoms with Crippen molar-refractivity contribution in [2.75, 3.05) is 39.3 Å². The van der Waals surface area contributed by atoms with E-state index in [0.717, 1.165) is 12.7 Å². The normalized spacial score (nSPS) is 11.9. The maximum Gasteiger partial charge on any atom is 0.264 e. The molecule has 92 valence electrons. The maximum absolute atomic E-state index is 10.6. The Morgan fingerprint density at radius 1 is 0.933 bits per heavy atom. The van der Waals surface area contributed by atoms with Gasteiger partial charge in [-0.2, -0.15) is 8.42 Å². The molecule has 0 saturated heterocycles. The second-order valence-electron chi connectivity index (χ2n) is 3.04. The second kappa shape index (κ2) is 9.08. The smallest absolute Gasteiger partial charge is 0.264 e. The SMILES string of the molecule is CCOCCOCCCCOS(C)(=O)=O. The van der Waals surface area contributed by atoms with Crippen LogP contribution >= 0.6 is 0 Å². The van der Waals surface area contributed by atoms with Gasteiger partial charge in [-0.3, -0.25) is 4.18 Å². The summed E-state index contributed by atoms with van der Waals surface area (Å²) in [5.41, 5.74) is 0. The molecule has 0 aliphatic heterocycles. The fourth-order valence-electron chi connectivity index (χ4n) is 0.881. The molecule has 0 saturated carbocycles. The average Bonchev–Trinajstić information content (AvgIpc) is 2.14. The Labute approximate surface area is 91.8 Å². The number of rotatable bonds is 10. The highest BCUT2D eigenvalue weighted by Crippen LogP contribution is 1.94. The molecule has 0 aromatic carbocycles. The first-order chi connectivity index (χ1) is 7.06. The molecule has 0 aliphatic rings. The molecule has 0 spiro atoms. The molecule has 0 unspecified atom stereocenters. The van der Waals surface area contributed by atoms with Crippen LogP contribution in [0.15, 0.2) is 0 Å². The number of ether oxygens (including phenoxy) is 2. The fourth-order valence-corrected chi connectivity index (χ4v) is 1.30. The minimum atomic E-state index is -3.29. The molecule has 0 heterocycles. The molecule has 0 aliphatic carbocycles. The van der Waals surface area contributed by atoms with Gasteiger partial charge in [0.05, 0.1) is 26.1 Å². The van der Waals surface area contributed by atoms with Gasteiger partial charge in [-0.15, -0.1) is 0 Å². The monoisotopic (exact) mass is 240 g/mol. The molecular formula is C9H20O5S. The van der Waals surface area contributed by atoms with E-state index in [1.807, 2.05) is 6.92 Å². The lowest BCUT2D eigenvalue weighted by Gasteiger charge is -2.04. The summed E-state index contributed by atoms with van der Waals surface area (Å²) in [7, 11) is -3.29.